The van der Waals surface area contributed by atoms with E-state index in [1.807, 2.05) is 0 Å². The maximum absolute atomic E-state index is 12.9. The van der Waals surface area contributed by atoms with Gasteiger partial charge in [-0.25, -0.2) is 8.42 Å². The van der Waals surface area contributed by atoms with E-state index in [2.05, 4.69) is 0 Å². The van der Waals surface area contributed by atoms with Crippen LogP contribution >= 0.6 is 0 Å². The normalized spacial score (nSPS) is 26.6. The SMILES string of the molecule is O=S(=O)(CC1CC1)N1C[C@H](O)C[C@@H]1c1cccc(C(F)(F)F)c1. The van der Waals surface area contributed by atoms with Gasteiger partial charge in [0.25, 0.3) is 0 Å². The van der Waals surface area contributed by atoms with Crippen molar-refractivity contribution >= 4 is 10.0 Å². The highest BCUT2D eigenvalue weighted by Crippen LogP contribution is 2.39. The molecular formula is C15H18F3NO3S. The van der Waals surface area contributed by atoms with Gasteiger partial charge in [-0.3, -0.25) is 0 Å². The molecule has 1 saturated carbocycles. The monoisotopic (exact) mass is 349 g/mol. The molecule has 1 aromatic rings. The molecule has 1 aliphatic heterocycles. The van der Waals surface area contributed by atoms with Gasteiger partial charge in [-0.05, 0) is 42.9 Å². The van der Waals surface area contributed by atoms with Crippen LogP contribution in [-0.2, 0) is 16.2 Å². The van der Waals surface area contributed by atoms with Crippen molar-refractivity contribution in [3.63, 3.8) is 0 Å². The molecule has 2 aliphatic rings. The molecule has 1 aliphatic carbocycles. The summed E-state index contributed by atoms with van der Waals surface area (Å²) in [7, 11) is -3.58. The van der Waals surface area contributed by atoms with Crippen molar-refractivity contribution < 1.29 is 26.7 Å². The Bertz CT molecular complexity index is 685. The first-order chi connectivity index (χ1) is 10.7. The molecule has 0 unspecified atom stereocenters. The van der Waals surface area contributed by atoms with Crippen LogP contribution in [0.5, 0.6) is 0 Å². The van der Waals surface area contributed by atoms with Crippen LogP contribution in [0, 0.1) is 5.92 Å². The van der Waals surface area contributed by atoms with Gasteiger partial charge >= 0.3 is 6.18 Å². The minimum absolute atomic E-state index is 0.00911. The molecule has 4 nitrogen and oxygen atoms in total. The Balaban J connectivity index is 1.90. The number of aliphatic hydroxyl groups is 1. The minimum atomic E-state index is -4.48. The van der Waals surface area contributed by atoms with E-state index >= 15 is 0 Å². The third kappa shape index (κ3) is 3.70. The summed E-state index contributed by atoms with van der Waals surface area (Å²) in [5.74, 6) is 0.148. The van der Waals surface area contributed by atoms with E-state index in [4.69, 9.17) is 0 Å². The Morgan fingerprint density at radius 2 is 1.96 bits per heavy atom. The second kappa shape index (κ2) is 5.75. The van der Waals surface area contributed by atoms with Crippen LogP contribution in [0.15, 0.2) is 24.3 Å². The van der Waals surface area contributed by atoms with Gasteiger partial charge in [0.2, 0.25) is 10.0 Å². The fourth-order valence-corrected chi connectivity index (χ4v) is 5.11. The Kier molecular flexibility index (Phi) is 4.18. The molecule has 1 N–H and O–H groups in total. The number of rotatable bonds is 4. The largest absolute Gasteiger partial charge is 0.416 e. The van der Waals surface area contributed by atoms with Gasteiger partial charge in [0.15, 0.2) is 0 Å². The van der Waals surface area contributed by atoms with Crippen LogP contribution in [0.2, 0.25) is 0 Å². The molecule has 2 atom stereocenters. The molecular weight excluding hydrogens is 331 g/mol. The molecule has 0 aromatic heterocycles. The van der Waals surface area contributed by atoms with E-state index in [1.54, 1.807) is 0 Å². The molecule has 0 amide bonds. The second-order valence-corrected chi connectivity index (χ2v) is 8.29. The van der Waals surface area contributed by atoms with Crippen LogP contribution in [0.25, 0.3) is 0 Å². The number of nitrogens with zero attached hydrogens (tertiary/aromatic N) is 1. The van der Waals surface area contributed by atoms with E-state index in [0.29, 0.717) is 0 Å². The third-order valence-electron chi connectivity index (χ3n) is 4.33. The molecule has 1 saturated heterocycles. The molecule has 1 heterocycles. The lowest BCUT2D eigenvalue weighted by atomic mass is 10.0. The Morgan fingerprint density at radius 1 is 1.26 bits per heavy atom. The molecule has 1 aromatic carbocycles. The zero-order chi connectivity index (χ0) is 16.8. The van der Waals surface area contributed by atoms with Gasteiger partial charge in [0.05, 0.1) is 23.5 Å². The Morgan fingerprint density at radius 3 is 2.57 bits per heavy atom. The molecule has 3 rings (SSSR count). The van der Waals surface area contributed by atoms with E-state index in [1.165, 1.54) is 16.4 Å². The summed E-state index contributed by atoms with van der Waals surface area (Å²) < 4.78 is 64.7. The summed E-state index contributed by atoms with van der Waals surface area (Å²) in [6, 6.07) is 3.95. The van der Waals surface area contributed by atoms with E-state index in [0.717, 1.165) is 25.0 Å². The fraction of sp³-hybridized carbons (Fsp3) is 0.600. The number of sulfonamides is 1. The average Bonchev–Trinajstić information content (AvgIpc) is 3.15. The van der Waals surface area contributed by atoms with Gasteiger partial charge in [-0.2, -0.15) is 17.5 Å². The van der Waals surface area contributed by atoms with Gasteiger partial charge in [-0.15, -0.1) is 0 Å². The summed E-state index contributed by atoms with van der Waals surface area (Å²) in [6.07, 6.45) is -3.49. The van der Waals surface area contributed by atoms with Gasteiger partial charge in [0.1, 0.15) is 0 Å². The van der Waals surface area contributed by atoms with Crippen molar-refractivity contribution in [1.29, 1.82) is 0 Å². The quantitative estimate of drug-likeness (QED) is 0.909. The van der Waals surface area contributed by atoms with Crippen molar-refractivity contribution in [3.05, 3.63) is 35.4 Å². The Labute approximate surface area is 133 Å². The van der Waals surface area contributed by atoms with Crippen molar-refractivity contribution in [3.8, 4) is 0 Å². The summed E-state index contributed by atoms with van der Waals surface area (Å²) >= 11 is 0. The second-order valence-electron chi connectivity index (χ2n) is 6.32. The lowest BCUT2D eigenvalue weighted by Crippen LogP contribution is -2.34. The topological polar surface area (TPSA) is 57.6 Å². The maximum atomic E-state index is 12.9. The lowest BCUT2D eigenvalue weighted by molar-refractivity contribution is -0.137. The smallest absolute Gasteiger partial charge is 0.392 e. The molecule has 0 bridgehead atoms. The predicted octanol–water partition coefficient (Wildman–Crippen LogP) is 2.55. The number of aliphatic hydroxyl groups excluding tert-OH is 1. The fourth-order valence-electron chi connectivity index (χ4n) is 2.99. The number of halogens is 3. The van der Waals surface area contributed by atoms with Crippen LogP contribution in [0.3, 0.4) is 0 Å². The first kappa shape index (κ1) is 16.7. The van der Waals surface area contributed by atoms with Crippen LogP contribution in [0.4, 0.5) is 13.2 Å². The number of hydrogen-bond acceptors (Lipinski definition) is 3. The number of hydrogen-bond donors (Lipinski definition) is 1. The minimum Gasteiger partial charge on any atom is -0.392 e. The molecule has 8 heteroatoms. The van der Waals surface area contributed by atoms with Crippen molar-refractivity contribution in [2.45, 2.75) is 37.6 Å². The first-order valence-corrected chi connectivity index (χ1v) is 9.12. The highest BCUT2D eigenvalue weighted by Gasteiger charge is 2.42. The van der Waals surface area contributed by atoms with Crippen molar-refractivity contribution in [2.75, 3.05) is 12.3 Å². The Hall–Kier alpha value is -1.12. The summed E-state index contributed by atoms with van der Waals surface area (Å²) in [5, 5.41) is 9.85. The number of β-amino-alcohol motifs (C(OH)–C–C–N with tert-alkyl or cyclic N) is 1. The van der Waals surface area contributed by atoms with Crippen molar-refractivity contribution in [1.82, 2.24) is 4.31 Å². The van der Waals surface area contributed by atoms with E-state index in [-0.39, 0.29) is 30.2 Å². The third-order valence-corrected chi connectivity index (χ3v) is 6.34. The van der Waals surface area contributed by atoms with E-state index < -0.39 is 33.9 Å². The zero-order valence-corrected chi connectivity index (χ0v) is 13.1. The highest BCUT2D eigenvalue weighted by atomic mass is 32.2. The lowest BCUT2D eigenvalue weighted by Gasteiger charge is -2.24. The van der Waals surface area contributed by atoms with E-state index in [9.17, 15) is 26.7 Å². The van der Waals surface area contributed by atoms with Crippen LogP contribution in [0.1, 0.15) is 36.4 Å². The van der Waals surface area contributed by atoms with Gasteiger partial charge in [-0.1, -0.05) is 12.1 Å². The molecule has 23 heavy (non-hydrogen) atoms. The first-order valence-electron chi connectivity index (χ1n) is 7.51. The highest BCUT2D eigenvalue weighted by molar-refractivity contribution is 7.89. The van der Waals surface area contributed by atoms with Crippen molar-refractivity contribution in [2.24, 2.45) is 5.92 Å². The molecule has 0 radical (unpaired) electrons. The van der Waals surface area contributed by atoms with Gasteiger partial charge < -0.3 is 5.11 Å². The summed E-state index contributed by atoms with van der Waals surface area (Å²) in [5.41, 5.74) is -0.535. The van der Waals surface area contributed by atoms with Gasteiger partial charge in [0, 0.05) is 6.54 Å². The molecule has 128 valence electrons. The average molecular weight is 349 g/mol. The molecule has 2 fully saturated rings. The standard InChI is InChI=1S/C15H18F3NO3S/c16-15(17,18)12-3-1-2-11(6-12)14-7-13(20)8-19(14)23(21,22)9-10-4-5-10/h1-3,6,10,13-14,20H,4-5,7-9H2/t13-,14-/m1/s1. The van der Waals surface area contributed by atoms with Crippen LogP contribution < -0.4 is 0 Å². The number of benzene rings is 1. The number of alkyl halides is 3. The summed E-state index contributed by atoms with van der Waals surface area (Å²) in [4.78, 5) is 0. The predicted molar refractivity (Wildman–Crippen MR) is 78.0 cm³/mol. The molecule has 0 spiro atoms. The van der Waals surface area contributed by atoms with Crippen LogP contribution in [-0.4, -0.2) is 36.2 Å². The maximum Gasteiger partial charge on any atom is 0.416 e. The summed E-state index contributed by atoms with van der Waals surface area (Å²) in [6.45, 7) is -0.0596. The zero-order valence-electron chi connectivity index (χ0n) is 12.3.